The molecule has 24 heavy (non-hydrogen) atoms. The summed E-state index contributed by atoms with van der Waals surface area (Å²) < 4.78 is 13.6. The standard InChI is InChI=1S/C20H25FN2O/c1-16(12-13-17-8-4-3-5-9-17)22-20(24)15-23(2)14-18-10-6-7-11-19(18)21/h3-11,16H,12-15H2,1-2H3,(H,22,24)/t16-/m1/s1. The third kappa shape index (κ3) is 6.13. The average molecular weight is 328 g/mol. The Bertz CT molecular complexity index is 645. The summed E-state index contributed by atoms with van der Waals surface area (Å²) in [6.07, 6.45) is 1.83. The van der Waals surface area contributed by atoms with E-state index in [0.29, 0.717) is 12.1 Å². The fourth-order valence-electron chi connectivity index (χ4n) is 2.64. The third-order valence-electron chi connectivity index (χ3n) is 3.93. The van der Waals surface area contributed by atoms with Gasteiger partial charge in [-0.05, 0) is 38.4 Å². The zero-order valence-electron chi connectivity index (χ0n) is 14.3. The molecule has 3 nitrogen and oxygen atoms in total. The molecule has 1 atom stereocenters. The van der Waals surface area contributed by atoms with Gasteiger partial charge >= 0.3 is 0 Å². The number of hydrogen-bond donors (Lipinski definition) is 1. The molecule has 0 aliphatic carbocycles. The number of nitrogens with one attached hydrogen (secondary N) is 1. The highest BCUT2D eigenvalue weighted by Crippen LogP contribution is 2.09. The molecule has 1 N–H and O–H groups in total. The summed E-state index contributed by atoms with van der Waals surface area (Å²) >= 11 is 0. The SMILES string of the molecule is C[C@H](CCc1ccccc1)NC(=O)CN(C)Cc1ccccc1F. The number of hydrogen-bond acceptors (Lipinski definition) is 2. The Morgan fingerprint density at radius 2 is 1.79 bits per heavy atom. The monoisotopic (exact) mass is 328 g/mol. The highest BCUT2D eigenvalue weighted by Gasteiger charge is 2.12. The molecule has 0 aromatic heterocycles. The Morgan fingerprint density at radius 1 is 1.12 bits per heavy atom. The van der Waals surface area contributed by atoms with Crippen LogP contribution in [0.25, 0.3) is 0 Å². The topological polar surface area (TPSA) is 32.3 Å². The first-order chi connectivity index (χ1) is 11.5. The van der Waals surface area contributed by atoms with Crippen molar-refractivity contribution in [1.82, 2.24) is 10.2 Å². The van der Waals surface area contributed by atoms with Crippen LogP contribution >= 0.6 is 0 Å². The van der Waals surface area contributed by atoms with Crippen molar-refractivity contribution in [2.45, 2.75) is 32.4 Å². The molecule has 2 aromatic carbocycles. The number of nitrogens with zero attached hydrogens (tertiary/aromatic N) is 1. The summed E-state index contributed by atoms with van der Waals surface area (Å²) in [6.45, 7) is 2.68. The van der Waals surface area contributed by atoms with Crippen molar-refractivity contribution < 1.29 is 9.18 Å². The predicted octanol–water partition coefficient (Wildman–Crippen LogP) is 3.40. The van der Waals surface area contributed by atoms with E-state index < -0.39 is 0 Å². The lowest BCUT2D eigenvalue weighted by Crippen LogP contribution is -2.39. The summed E-state index contributed by atoms with van der Waals surface area (Å²) in [5, 5.41) is 3.01. The molecule has 0 unspecified atom stereocenters. The summed E-state index contributed by atoms with van der Waals surface area (Å²) in [5.74, 6) is -0.268. The second-order valence-corrected chi connectivity index (χ2v) is 6.26. The first-order valence-corrected chi connectivity index (χ1v) is 8.30. The summed E-state index contributed by atoms with van der Waals surface area (Å²) in [7, 11) is 1.82. The van der Waals surface area contributed by atoms with Gasteiger partial charge in [0.25, 0.3) is 0 Å². The van der Waals surface area contributed by atoms with Gasteiger partial charge in [0.2, 0.25) is 5.91 Å². The quantitative estimate of drug-likeness (QED) is 0.805. The predicted molar refractivity (Wildman–Crippen MR) is 95.1 cm³/mol. The van der Waals surface area contributed by atoms with Crippen molar-refractivity contribution >= 4 is 5.91 Å². The minimum atomic E-state index is -0.235. The first kappa shape index (κ1) is 18.1. The van der Waals surface area contributed by atoms with E-state index in [0.717, 1.165) is 12.8 Å². The molecule has 2 rings (SSSR count). The lowest BCUT2D eigenvalue weighted by Gasteiger charge is -2.19. The molecule has 2 aromatic rings. The molecule has 1 amide bonds. The highest BCUT2D eigenvalue weighted by molar-refractivity contribution is 5.78. The minimum Gasteiger partial charge on any atom is -0.353 e. The van der Waals surface area contributed by atoms with E-state index in [2.05, 4.69) is 17.4 Å². The number of amides is 1. The van der Waals surface area contributed by atoms with Crippen molar-refractivity contribution in [2.24, 2.45) is 0 Å². The second kappa shape index (κ2) is 9.18. The number of aryl methyl sites for hydroxylation is 1. The maximum absolute atomic E-state index is 13.6. The van der Waals surface area contributed by atoms with Gasteiger partial charge in [-0.15, -0.1) is 0 Å². The van der Waals surface area contributed by atoms with Crippen LogP contribution in [0.4, 0.5) is 4.39 Å². The van der Waals surface area contributed by atoms with Gasteiger partial charge in [0.05, 0.1) is 6.54 Å². The number of halogens is 1. The largest absolute Gasteiger partial charge is 0.353 e. The number of benzene rings is 2. The van der Waals surface area contributed by atoms with Crippen LogP contribution in [-0.4, -0.2) is 30.4 Å². The Hall–Kier alpha value is -2.20. The summed E-state index contributed by atoms with van der Waals surface area (Å²) in [6, 6.07) is 17.0. The smallest absolute Gasteiger partial charge is 0.234 e. The Labute approximate surface area is 143 Å². The molecule has 0 fully saturated rings. The molecule has 0 saturated heterocycles. The molecule has 0 aliphatic rings. The van der Waals surface area contributed by atoms with Gasteiger partial charge in [-0.1, -0.05) is 48.5 Å². The van der Waals surface area contributed by atoms with Gasteiger partial charge < -0.3 is 5.32 Å². The van der Waals surface area contributed by atoms with Crippen molar-refractivity contribution in [3.05, 3.63) is 71.5 Å². The maximum Gasteiger partial charge on any atom is 0.234 e. The number of likely N-dealkylation sites (N-methyl/N-ethyl adjacent to an activating group) is 1. The molecule has 0 bridgehead atoms. The average Bonchev–Trinajstić information content (AvgIpc) is 2.56. The molecule has 128 valence electrons. The molecule has 4 heteroatoms. The van der Waals surface area contributed by atoms with Crippen molar-refractivity contribution in [3.8, 4) is 0 Å². The molecule has 0 heterocycles. The normalized spacial score (nSPS) is 12.2. The number of carbonyl (C=O) groups is 1. The van der Waals surface area contributed by atoms with E-state index in [1.807, 2.05) is 37.1 Å². The van der Waals surface area contributed by atoms with Crippen molar-refractivity contribution in [1.29, 1.82) is 0 Å². The van der Waals surface area contributed by atoms with E-state index >= 15 is 0 Å². The first-order valence-electron chi connectivity index (χ1n) is 8.30. The number of rotatable bonds is 8. The van der Waals surface area contributed by atoms with Crippen LogP contribution in [0.2, 0.25) is 0 Å². The van der Waals surface area contributed by atoms with Gasteiger partial charge in [-0.3, -0.25) is 9.69 Å². The number of carbonyl (C=O) groups excluding carboxylic acids is 1. The Morgan fingerprint density at radius 3 is 2.50 bits per heavy atom. The van der Waals surface area contributed by atoms with Crippen LogP contribution in [0.5, 0.6) is 0 Å². The lowest BCUT2D eigenvalue weighted by atomic mass is 10.1. The highest BCUT2D eigenvalue weighted by atomic mass is 19.1. The Kier molecular flexibility index (Phi) is 6.94. The van der Waals surface area contributed by atoms with Crippen LogP contribution in [0.3, 0.4) is 0 Å². The van der Waals surface area contributed by atoms with Crippen LogP contribution in [-0.2, 0) is 17.8 Å². The zero-order valence-corrected chi connectivity index (χ0v) is 14.3. The minimum absolute atomic E-state index is 0.0330. The van der Waals surface area contributed by atoms with Crippen LogP contribution in [0.1, 0.15) is 24.5 Å². The van der Waals surface area contributed by atoms with Crippen molar-refractivity contribution in [3.63, 3.8) is 0 Å². The van der Waals surface area contributed by atoms with Crippen LogP contribution < -0.4 is 5.32 Å². The van der Waals surface area contributed by atoms with Crippen LogP contribution in [0.15, 0.2) is 54.6 Å². The third-order valence-corrected chi connectivity index (χ3v) is 3.93. The molecular formula is C20H25FN2O. The molecule has 0 aliphatic heterocycles. The molecule has 0 spiro atoms. The zero-order chi connectivity index (χ0) is 17.4. The maximum atomic E-state index is 13.6. The van der Waals surface area contributed by atoms with E-state index in [-0.39, 0.29) is 24.3 Å². The van der Waals surface area contributed by atoms with Gasteiger partial charge in [-0.25, -0.2) is 4.39 Å². The van der Waals surface area contributed by atoms with E-state index in [1.165, 1.54) is 11.6 Å². The van der Waals surface area contributed by atoms with Gasteiger partial charge in [0, 0.05) is 18.2 Å². The van der Waals surface area contributed by atoms with E-state index in [1.54, 1.807) is 18.2 Å². The summed E-state index contributed by atoms with van der Waals surface area (Å²) in [5.41, 5.74) is 1.88. The molecule has 0 radical (unpaired) electrons. The van der Waals surface area contributed by atoms with Gasteiger partial charge in [0.1, 0.15) is 5.82 Å². The summed E-state index contributed by atoms with van der Waals surface area (Å²) in [4.78, 5) is 13.9. The second-order valence-electron chi connectivity index (χ2n) is 6.26. The Balaban J connectivity index is 1.72. The van der Waals surface area contributed by atoms with Crippen molar-refractivity contribution in [2.75, 3.05) is 13.6 Å². The molecule has 0 saturated carbocycles. The lowest BCUT2D eigenvalue weighted by molar-refractivity contribution is -0.122. The fourth-order valence-corrected chi connectivity index (χ4v) is 2.64. The fraction of sp³-hybridized carbons (Fsp3) is 0.350. The van der Waals surface area contributed by atoms with E-state index in [9.17, 15) is 9.18 Å². The van der Waals surface area contributed by atoms with E-state index in [4.69, 9.17) is 0 Å². The van der Waals surface area contributed by atoms with Gasteiger partial charge in [-0.2, -0.15) is 0 Å². The molecular weight excluding hydrogens is 303 g/mol. The van der Waals surface area contributed by atoms with Crippen LogP contribution in [0, 0.1) is 5.82 Å². The van der Waals surface area contributed by atoms with Gasteiger partial charge in [0.15, 0.2) is 0 Å².